The van der Waals surface area contributed by atoms with E-state index in [1.807, 2.05) is 5.32 Å². The largest absolute Gasteiger partial charge is 0.389 e. The summed E-state index contributed by atoms with van der Waals surface area (Å²) in [6, 6.07) is -1.46. The van der Waals surface area contributed by atoms with Crippen molar-refractivity contribution in [2.45, 2.75) is 32.4 Å². The first-order valence-corrected chi connectivity index (χ1v) is 4.28. The summed E-state index contributed by atoms with van der Waals surface area (Å²) in [5.41, 5.74) is 3.86. The van der Waals surface area contributed by atoms with Crippen molar-refractivity contribution in [2.24, 2.45) is 5.73 Å². The fourth-order valence-corrected chi connectivity index (χ4v) is 0.725. The zero-order valence-electron chi connectivity index (χ0n) is 8.63. The van der Waals surface area contributed by atoms with Crippen LogP contribution < -0.4 is 16.4 Å². The molecule has 0 aliphatic heterocycles. The molecule has 0 saturated carbocycles. The van der Waals surface area contributed by atoms with Crippen molar-refractivity contribution >= 4 is 11.9 Å². The van der Waals surface area contributed by atoms with E-state index >= 15 is 0 Å². The van der Waals surface area contributed by atoms with Gasteiger partial charge in [0.25, 0.3) is 0 Å². The predicted octanol–water partition coefficient (Wildman–Crippen LogP) is -1.07. The van der Waals surface area contributed by atoms with E-state index in [1.165, 1.54) is 0 Å². The van der Waals surface area contributed by atoms with Gasteiger partial charge in [-0.15, -0.1) is 0 Å². The number of hydrogen-bond donors (Lipinski definition) is 4. The van der Waals surface area contributed by atoms with Crippen LogP contribution in [0.25, 0.3) is 0 Å². The topological polar surface area (TPSA) is 104 Å². The molecule has 0 bridgehead atoms. The minimum atomic E-state index is -0.902. The first-order valence-electron chi connectivity index (χ1n) is 4.28. The van der Waals surface area contributed by atoms with Crippen LogP contribution in [-0.4, -0.2) is 35.2 Å². The number of aliphatic hydroxyl groups is 1. The van der Waals surface area contributed by atoms with Gasteiger partial charge in [0.05, 0.1) is 11.6 Å². The van der Waals surface area contributed by atoms with Crippen LogP contribution in [0.3, 0.4) is 0 Å². The summed E-state index contributed by atoms with van der Waals surface area (Å²) in [5.74, 6) is -0.512. The summed E-state index contributed by atoms with van der Waals surface area (Å²) in [6.07, 6.45) is 0. The highest BCUT2D eigenvalue weighted by Crippen LogP contribution is 1.98. The molecule has 0 aromatic carbocycles. The summed E-state index contributed by atoms with van der Waals surface area (Å²) >= 11 is 0. The van der Waals surface area contributed by atoms with E-state index in [0.717, 1.165) is 0 Å². The van der Waals surface area contributed by atoms with Crippen LogP contribution in [0.1, 0.15) is 20.8 Å². The molecule has 0 aromatic rings. The van der Waals surface area contributed by atoms with E-state index in [2.05, 4.69) is 5.32 Å². The van der Waals surface area contributed by atoms with Crippen LogP contribution in [0.15, 0.2) is 0 Å². The Kier molecular flexibility index (Phi) is 4.52. The smallest absolute Gasteiger partial charge is 0.318 e. The van der Waals surface area contributed by atoms with Crippen molar-refractivity contribution in [3.8, 4) is 0 Å². The number of urea groups is 1. The van der Waals surface area contributed by atoms with E-state index in [9.17, 15) is 14.7 Å². The highest BCUT2D eigenvalue weighted by molar-refractivity contribution is 5.96. The van der Waals surface area contributed by atoms with Gasteiger partial charge in [-0.05, 0) is 20.8 Å². The minimum Gasteiger partial charge on any atom is -0.389 e. The number of nitrogens with two attached hydrogens (primary N) is 1. The van der Waals surface area contributed by atoms with Crippen LogP contribution in [-0.2, 0) is 4.79 Å². The van der Waals surface area contributed by atoms with Crippen molar-refractivity contribution < 1.29 is 14.7 Å². The molecule has 0 spiro atoms. The summed E-state index contributed by atoms with van der Waals surface area (Å²) in [6.45, 7) is 5.04. The Balaban J connectivity index is 3.90. The number of imide groups is 1. The van der Waals surface area contributed by atoms with Gasteiger partial charge in [0, 0.05) is 6.54 Å². The molecule has 0 aliphatic rings. The third-order valence-corrected chi connectivity index (χ3v) is 1.48. The molecule has 0 fully saturated rings. The lowest BCUT2D eigenvalue weighted by Crippen LogP contribution is -2.49. The Labute approximate surface area is 82.9 Å². The van der Waals surface area contributed by atoms with E-state index in [1.54, 1.807) is 20.8 Å². The zero-order chi connectivity index (χ0) is 11.4. The fourth-order valence-electron chi connectivity index (χ4n) is 0.725. The maximum absolute atomic E-state index is 11.1. The molecule has 6 nitrogen and oxygen atoms in total. The molecule has 0 aromatic heterocycles. The standard InChI is InChI=1S/C8H17N3O3/c1-5(6(12)11-7(9)13)10-4-8(2,3)14/h5,10,14H,4H2,1-3H3,(H3,9,11,12,13). The SMILES string of the molecule is CC(NCC(C)(C)O)C(=O)NC(N)=O. The normalized spacial score (nSPS) is 13.4. The van der Waals surface area contributed by atoms with Crippen molar-refractivity contribution in [2.75, 3.05) is 6.54 Å². The second-order valence-electron chi connectivity index (χ2n) is 3.77. The summed E-state index contributed by atoms with van der Waals surface area (Å²) in [5, 5.41) is 14.0. The Morgan fingerprint density at radius 1 is 1.50 bits per heavy atom. The van der Waals surface area contributed by atoms with Crippen molar-refractivity contribution in [1.29, 1.82) is 0 Å². The number of nitrogens with one attached hydrogen (secondary N) is 2. The van der Waals surface area contributed by atoms with E-state index in [-0.39, 0.29) is 6.54 Å². The lowest BCUT2D eigenvalue weighted by Gasteiger charge is -2.20. The second kappa shape index (κ2) is 4.92. The van der Waals surface area contributed by atoms with Crippen molar-refractivity contribution in [1.82, 2.24) is 10.6 Å². The van der Waals surface area contributed by atoms with Crippen LogP contribution in [0.4, 0.5) is 4.79 Å². The summed E-state index contributed by atoms with van der Waals surface area (Å²) in [4.78, 5) is 21.4. The van der Waals surface area contributed by atoms with Crippen LogP contribution in [0, 0.1) is 0 Å². The van der Waals surface area contributed by atoms with E-state index in [4.69, 9.17) is 5.73 Å². The van der Waals surface area contributed by atoms with Crippen LogP contribution in [0.2, 0.25) is 0 Å². The average Bonchev–Trinajstić information content (AvgIpc) is 1.97. The van der Waals surface area contributed by atoms with Crippen LogP contribution in [0.5, 0.6) is 0 Å². The molecule has 3 amide bonds. The Morgan fingerprint density at radius 3 is 2.36 bits per heavy atom. The third kappa shape index (κ3) is 6.38. The highest BCUT2D eigenvalue weighted by atomic mass is 16.3. The molecule has 82 valence electrons. The maximum Gasteiger partial charge on any atom is 0.318 e. The molecular formula is C8H17N3O3. The van der Waals surface area contributed by atoms with Gasteiger partial charge in [-0.2, -0.15) is 0 Å². The number of carbonyl (C=O) groups excluding carboxylic acids is 2. The van der Waals surface area contributed by atoms with Gasteiger partial charge in [-0.25, -0.2) is 4.79 Å². The Bertz CT molecular complexity index is 222. The average molecular weight is 203 g/mol. The van der Waals surface area contributed by atoms with E-state index in [0.29, 0.717) is 0 Å². The first kappa shape index (κ1) is 12.9. The number of amides is 3. The fraction of sp³-hybridized carbons (Fsp3) is 0.750. The molecule has 0 aliphatic carbocycles. The summed E-state index contributed by atoms with van der Waals surface area (Å²) < 4.78 is 0. The Morgan fingerprint density at radius 2 is 2.00 bits per heavy atom. The van der Waals surface area contributed by atoms with Gasteiger partial charge in [0.15, 0.2) is 0 Å². The molecule has 1 unspecified atom stereocenters. The number of rotatable bonds is 4. The molecule has 1 atom stereocenters. The van der Waals surface area contributed by atoms with Gasteiger partial charge >= 0.3 is 6.03 Å². The highest BCUT2D eigenvalue weighted by Gasteiger charge is 2.18. The lowest BCUT2D eigenvalue weighted by molar-refractivity contribution is -0.121. The molecule has 6 heteroatoms. The molecule has 0 radical (unpaired) electrons. The monoisotopic (exact) mass is 203 g/mol. The summed E-state index contributed by atoms with van der Waals surface area (Å²) in [7, 11) is 0. The lowest BCUT2D eigenvalue weighted by atomic mass is 10.1. The number of hydrogen-bond acceptors (Lipinski definition) is 4. The minimum absolute atomic E-state index is 0.250. The van der Waals surface area contributed by atoms with Crippen molar-refractivity contribution in [3.05, 3.63) is 0 Å². The second-order valence-corrected chi connectivity index (χ2v) is 3.77. The maximum atomic E-state index is 11.1. The molecule has 5 N–H and O–H groups in total. The van der Waals surface area contributed by atoms with Crippen molar-refractivity contribution in [3.63, 3.8) is 0 Å². The predicted molar refractivity (Wildman–Crippen MR) is 51.5 cm³/mol. The van der Waals surface area contributed by atoms with Gasteiger partial charge < -0.3 is 16.2 Å². The van der Waals surface area contributed by atoms with Gasteiger partial charge in [0.1, 0.15) is 0 Å². The third-order valence-electron chi connectivity index (χ3n) is 1.48. The van der Waals surface area contributed by atoms with E-state index < -0.39 is 23.6 Å². The molecule has 0 rings (SSSR count). The Hall–Kier alpha value is -1.14. The van der Waals surface area contributed by atoms with Gasteiger partial charge in [0.2, 0.25) is 5.91 Å². The van der Waals surface area contributed by atoms with Gasteiger partial charge in [-0.1, -0.05) is 0 Å². The first-order chi connectivity index (χ1) is 6.22. The molecular weight excluding hydrogens is 186 g/mol. The molecule has 0 saturated heterocycles. The quantitative estimate of drug-likeness (QED) is 0.467. The van der Waals surface area contributed by atoms with Gasteiger partial charge in [-0.3, -0.25) is 10.1 Å². The number of carbonyl (C=O) groups is 2. The molecule has 14 heavy (non-hydrogen) atoms. The number of primary amides is 1. The zero-order valence-corrected chi connectivity index (χ0v) is 8.63. The molecule has 0 heterocycles. The van der Waals surface area contributed by atoms with Crippen LogP contribution >= 0.6 is 0 Å².